The lowest BCUT2D eigenvalue weighted by atomic mass is 9.97. The molecule has 1 aromatic carbocycles. The normalized spacial score (nSPS) is 19.2. The highest BCUT2D eigenvalue weighted by molar-refractivity contribution is 6.31. The molecule has 2 rings (SSSR count). The lowest BCUT2D eigenvalue weighted by Crippen LogP contribution is -2.28. The van der Waals surface area contributed by atoms with Crippen LogP contribution < -0.4 is 0 Å². The van der Waals surface area contributed by atoms with Gasteiger partial charge in [-0.15, -0.1) is 0 Å². The predicted molar refractivity (Wildman–Crippen MR) is 76.5 cm³/mol. The van der Waals surface area contributed by atoms with Crippen molar-refractivity contribution in [3.05, 3.63) is 34.3 Å². The topological polar surface area (TPSA) is 29.5 Å². The Morgan fingerprint density at radius 1 is 1.47 bits per heavy atom. The van der Waals surface area contributed by atoms with Crippen LogP contribution in [0.5, 0.6) is 0 Å². The van der Waals surface area contributed by atoms with E-state index in [4.69, 9.17) is 16.3 Å². The third-order valence-corrected chi connectivity index (χ3v) is 3.94. The minimum Gasteiger partial charge on any atom is -0.383 e. The molecule has 0 bridgehead atoms. The third-order valence-electron chi connectivity index (χ3n) is 3.57. The number of benzene rings is 1. The summed E-state index contributed by atoms with van der Waals surface area (Å²) in [4.78, 5) is 13.8. The van der Waals surface area contributed by atoms with E-state index in [9.17, 15) is 4.79 Å². The Morgan fingerprint density at radius 3 is 3.00 bits per heavy atom. The van der Waals surface area contributed by atoms with Gasteiger partial charge >= 0.3 is 0 Å². The number of likely N-dealkylation sites (tertiary alicyclic amines) is 1. The number of halogens is 1. The van der Waals surface area contributed by atoms with Crippen molar-refractivity contribution in [1.82, 2.24) is 4.90 Å². The minimum atomic E-state index is 0.228. The van der Waals surface area contributed by atoms with Crippen molar-refractivity contribution in [2.24, 2.45) is 5.92 Å². The van der Waals surface area contributed by atoms with Gasteiger partial charge < -0.3 is 9.64 Å². The first kappa shape index (κ1) is 14.4. The molecule has 0 spiro atoms. The summed E-state index contributed by atoms with van der Waals surface area (Å²) in [6.45, 7) is 4.16. The zero-order valence-electron chi connectivity index (χ0n) is 11.5. The highest BCUT2D eigenvalue weighted by Crippen LogP contribution is 2.26. The van der Waals surface area contributed by atoms with E-state index in [0.29, 0.717) is 25.5 Å². The van der Waals surface area contributed by atoms with E-state index in [-0.39, 0.29) is 5.91 Å². The van der Waals surface area contributed by atoms with E-state index in [1.54, 1.807) is 7.11 Å². The van der Waals surface area contributed by atoms with Gasteiger partial charge in [-0.05, 0) is 30.9 Å². The van der Waals surface area contributed by atoms with Gasteiger partial charge in [0.2, 0.25) is 5.91 Å². The Labute approximate surface area is 119 Å². The molecule has 1 aromatic rings. The van der Waals surface area contributed by atoms with E-state index in [1.807, 2.05) is 17.0 Å². The molecule has 0 N–H and O–H groups in total. The zero-order chi connectivity index (χ0) is 13.8. The van der Waals surface area contributed by atoms with Crippen LogP contribution in [0.2, 0.25) is 5.02 Å². The van der Waals surface area contributed by atoms with Gasteiger partial charge in [0.25, 0.3) is 0 Å². The molecule has 3 nitrogen and oxygen atoms in total. The van der Waals surface area contributed by atoms with Gasteiger partial charge in [0.05, 0.1) is 6.61 Å². The summed E-state index contributed by atoms with van der Waals surface area (Å²) in [5.74, 6) is 0.592. The van der Waals surface area contributed by atoms with Gasteiger partial charge in [-0.3, -0.25) is 4.79 Å². The predicted octanol–water partition coefficient (Wildman–Crippen LogP) is 2.69. The van der Waals surface area contributed by atoms with Crippen molar-refractivity contribution in [2.45, 2.75) is 19.8 Å². The summed E-state index contributed by atoms with van der Waals surface area (Å²) in [6.07, 6.45) is 1.49. The number of aryl methyl sites for hydroxylation is 1. The van der Waals surface area contributed by atoms with Gasteiger partial charge in [-0.1, -0.05) is 29.3 Å². The Morgan fingerprint density at radius 2 is 2.26 bits per heavy atom. The highest BCUT2D eigenvalue weighted by atomic mass is 35.5. The number of hydrogen-bond donors (Lipinski definition) is 0. The molecular formula is C15H20ClNO2. The first-order valence-corrected chi connectivity index (χ1v) is 6.99. The van der Waals surface area contributed by atoms with Crippen LogP contribution in [0.1, 0.15) is 17.5 Å². The third kappa shape index (κ3) is 3.71. The summed E-state index contributed by atoms with van der Waals surface area (Å²) >= 11 is 6.21. The molecule has 104 valence electrons. The molecule has 1 atom stereocenters. The van der Waals surface area contributed by atoms with Crippen LogP contribution in [-0.4, -0.2) is 37.6 Å². The molecule has 1 aliphatic rings. The van der Waals surface area contributed by atoms with Gasteiger partial charge in [0.1, 0.15) is 0 Å². The molecule has 1 unspecified atom stereocenters. The second-order valence-electron chi connectivity index (χ2n) is 5.20. The van der Waals surface area contributed by atoms with Gasteiger partial charge in [-0.2, -0.15) is 0 Å². The lowest BCUT2D eigenvalue weighted by molar-refractivity contribution is -0.128. The Kier molecular flexibility index (Phi) is 4.83. The van der Waals surface area contributed by atoms with Crippen LogP contribution >= 0.6 is 11.6 Å². The number of methoxy groups -OCH3 is 1. The molecule has 1 aliphatic heterocycles. The molecule has 19 heavy (non-hydrogen) atoms. The van der Waals surface area contributed by atoms with E-state index in [1.165, 1.54) is 5.56 Å². The van der Waals surface area contributed by atoms with Gasteiger partial charge in [-0.25, -0.2) is 0 Å². The molecule has 0 radical (unpaired) electrons. The smallest absolute Gasteiger partial charge is 0.223 e. The molecule has 0 aromatic heterocycles. The van der Waals surface area contributed by atoms with E-state index in [0.717, 1.165) is 23.6 Å². The number of carbonyl (C=O) groups is 1. The first-order chi connectivity index (χ1) is 9.10. The summed E-state index contributed by atoms with van der Waals surface area (Å²) in [7, 11) is 1.66. The number of nitrogens with zero attached hydrogens (tertiary/aromatic N) is 1. The lowest BCUT2D eigenvalue weighted by Gasteiger charge is -2.16. The van der Waals surface area contributed by atoms with Crippen molar-refractivity contribution in [2.75, 3.05) is 26.8 Å². The van der Waals surface area contributed by atoms with E-state index < -0.39 is 0 Å². The van der Waals surface area contributed by atoms with Crippen LogP contribution in [0.15, 0.2) is 18.2 Å². The van der Waals surface area contributed by atoms with Gasteiger partial charge in [0.15, 0.2) is 0 Å². The molecule has 0 aliphatic carbocycles. The molecule has 1 fully saturated rings. The van der Waals surface area contributed by atoms with Crippen molar-refractivity contribution in [3.8, 4) is 0 Å². The van der Waals surface area contributed by atoms with Crippen LogP contribution in [0.3, 0.4) is 0 Å². The summed E-state index contributed by atoms with van der Waals surface area (Å²) in [5, 5.41) is 0.799. The van der Waals surface area contributed by atoms with E-state index in [2.05, 4.69) is 13.0 Å². The second-order valence-corrected chi connectivity index (χ2v) is 5.61. The van der Waals surface area contributed by atoms with Crippen molar-refractivity contribution in [1.29, 1.82) is 0 Å². The SMILES string of the molecule is COCCN1CC(Cc2cc(C)ccc2Cl)CC1=O. The zero-order valence-corrected chi connectivity index (χ0v) is 12.2. The Hall–Kier alpha value is -1.06. The number of amides is 1. The minimum absolute atomic E-state index is 0.228. The molecule has 1 saturated heterocycles. The molecule has 0 saturated carbocycles. The number of rotatable bonds is 5. The quantitative estimate of drug-likeness (QED) is 0.830. The maximum absolute atomic E-state index is 11.9. The van der Waals surface area contributed by atoms with Crippen molar-refractivity contribution < 1.29 is 9.53 Å². The standard InChI is InChI=1S/C15H20ClNO2/c1-11-3-4-14(16)13(7-11)8-12-9-15(18)17(10-12)5-6-19-2/h3-4,7,12H,5-6,8-10H2,1-2H3. The van der Waals surface area contributed by atoms with Crippen LogP contribution in [0.4, 0.5) is 0 Å². The first-order valence-electron chi connectivity index (χ1n) is 6.62. The highest BCUT2D eigenvalue weighted by Gasteiger charge is 2.29. The average molecular weight is 282 g/mol. The Balaban J connectivity index is 1.97. The molecule has 1 amide bonds. The second kappa shape index (κ2) is 6.40. The maximum atomic E-state index is 11.9. The fourth-order valence-corrected chi connectivity index (χ4v) is 2.77. The number of carbonyl (C=O) groups excluding carboxylic acids is 1. The summed E-state index contributed by atoms with van der Waals surface area (Å²) < 4.78 is 5.03. The Bertz CT molecular complexity index is 461. The van der Waals surface area contributed by atoms with E-state index >= 15 is 0 Å². The van der Waals surface area contributed by atoms with Crippen LogP contribution in [0, 0.1) is 12.8 Å². The molecule has 1 heterocycles. The molecular weight excluding hydrogens is 262 g/mol. The monoisotopic (exact) mass is 281 g/mol. The van der Waals surface area contributed by atoms with Crippen LogP contribution in [-0.2, 0) is 16.0 Å². The maximum Gasteiger partial charge on any atom is 0.223 e. The largest absolute Gasteiger partial charge is 0.383 e. The fraction of sp³-hybridized carbons (Fsp3) is 0.533. The fourth-order valence-electron chi connectivity index (χ4n) is 2.58. The summed E-state index contributed by atoms with van der Waals surface area (Å²) in [5.41, 5.74) is 2.35. The van der Waals surface area contributed by atoms with Crippen LogP contribution in [0.25, 0.3) is 0 Å². The number of ether oxygens (including phenoxy) is 1. The van der Waals surface area contributed by atoms with Crippen molar-refractivity contribution >= 4 is 17.5 Å². The average Bonchev–Trinajstić information content (AvgIpc) is 2.72. The van der Waals surface area contributed by atoms with Gasteiger partial charge in [0, 0.05) is 31.6 Å². The molecule has 4 heteroatoms. The van der Waals surface area contributed by atoms with Crippen molar-refractivity contribution in [3.63, 3.8) is 0 Å². The number of hydrogen-bond acceptors (Lipinski definition) is 2. The summed E-state index contributed by atoms with van der Waals surface area (Å²) in [6, 6.07) is 6.06.